The second-order valence-corrected chi connectivity index (χ2v) is 4.64. The zero-order chi connectivity index (χ0) is 17.5. The first-order valence-electron chi connectivity index (χ1n) is 6.79. The Balaban J connectivity index is 1.93. The second kappa shape index (κ2) is 7.63. The SMILES string of the molecule is O=C(CCc1n[nH]c(=O)[nH]c1=O)N/N=C/c1ccccc1C(=O)O. The van der Waals surface area contributed by atoms with E-state index >= 15 is 0 Å². The Hall–Kier alpha value is -3.56. The van der Waals surface area contributed by atoms with Crippen LogP contribution in [0.2, 0.25) is 0 Å². The van der Waals surface area contributed by atoms with Crippen molar-refractivity contribution >= 4 is 18.1 Å². The summed E-state index contributed by atoms with van der Waals surface area (Å²) in [4.78, 5) is 46.9. The summed E-state index contributed by atoms with van der Waals surface area (Å²) in [6.07, 6.45) is 1.14. The quantitative estimate of drug-likeness (QED) is 0.402. The number of aryl methyl sites for hydroxylation is 1. The van der Waals surface area contributed by atoms with Crippen molar-refractivity contribution in [3.05, 3.63) is 61.9 Å². The Morgan fingerprint density at radius 2 is 2.04 bits per heavy atom. The molecule has 0 saturated carbocycles. The molecule has 0 radical (unpaired) electrons. The molecule has 2 rings (SSSR count). The molecule has 0 bridgehead atoms. The number of hydrazone groups is 1. The van der Waals surface area contributed by atoms with Crippen molar-refractivity contribution in [3.63, 3.8) is 0 Å². The first kappa shape index (κ1) is 16.8. The van der Waals surface area contributed by atoms with E-state index in [1.807, 2.05) is 4.98 Å². The van der Waals surface area contributed by atoms with Gasteiger partial charge in [0.05, 0.1) is 11.8 Å². The maximum absolute atomic E-state index is 11.7. The van der Waals surface area contributed by atoms with Crippen LogP contribution >= 0.6 is 0 Å². The Bertz CT molecular complexity index is 899. The molecule has 0 atom stereocenters. The number of hydrogen-bond acceptors (Lipinski definition) is 6. The Labute approximate surface area is 134 Å². The van der Waals surface area contributed by atoms with E-state index in [-0.39, 0.29) is 24.1 Å². The molecule has 0 aliphatic carbocycles. The van der Waals surface area contributed by atoms with Gasteiger partial charge in [0.25, 0.3) is 5.56 Å². The van der Waals surface area contributed by atoms with Gasteiger partial charge in [0.2, 0.25) is 5.91 Å². The first-order valence-corrected chi connectivity index (χ1v) is 6.79. The Kier molecular flexibility index (Phi) is 5.34. The van der Waals surface area contributed by atoms with E-state index in [9.17, 15) is 19.2 Å². The smallest absolute Gasteiger partial charge is 0.342 e. The number of carboxylic acids is 1. The lowest BCUT2D eigenvalue weighted by molar-refractivity contribution is -0.121. The van der Waals surface area contributed by atoms with Crippen LogP contribution < -0.4 is 16.7 Å². The van der Waals surface area contributed by atoms with E-state index in [2.05, 4.69) is 20.7 Å². The molecular formula is C14H13N5O5. The summed E-state index contributed by atoms with van der Waals surface area (Å²) in [6, 6.07) is 6.18. The van der Waals surface area contributed by atoms with Gasteiger partial charge in [-0.15, -0.1) is 0 Å². The van der Waals surface area contributed by atoms with Crippen LogP contribution in [0.3, 0.4) is 0 Å². The summed E-state index contributed by atoms with van der Waals surface area (Å²) in [5.74, 6) is -1.60. The number of carboxylic acid groups (broad SMARTS) is 1. The van der Waals surface area contributed by atoms with Crippen LogP contribution in [-0.2, 0) is 11.2 Å². The monoisotopic (exact) mass is 331 g/mol. The summed E-state index contributed by atoms with van der Waals surface area (Å²) in [7, 11) is 0. The zero-order valence-electron chi connectivity index (χ0n) is 12.3. The Morgan fingerprint density at radius 3 is 2.75 bits per heavy atom. The molecule has 1 amide bonds. The van der Waals surface area contributed by atoms with Gasteiger partial charge in [0.15, 0.2) is 0 Å². The number of amides is 1. The molecule has 4 N–H and O–H groups in total. The molecule has 0 fully saturated rings. The molecule has 1 aromatic carbocycles. The molecule has 10 nitrogen and oxygen atoms in total. The molecule has 1 aromatic heterocycles. The van der Waals surface area contributed by atoms with E-state index in [0.29, 0.717) is 5.56 Å². The summed E-state index contributed by atoms with van der Waals surface area (Å²) in [5.41, 5.74) is 1.25. The van der Waals surface area contributed by atoms with E-state index in [0.717, 1.165) is 0 Å². The number of carbonyl (C=O) groups excluding carboxylic acids is 1. The van der Waals surface area contributed by atoms with E-state index in [4.69, 9.17) is 5.11 Å². The summed E-state index contributed by atoms with van der Waals surface area (Å²) < 4.78 is 0. The molecule has 0 unspecified atom stereocenters. The molecule has 124 valence electrons. The number of carbonyl (C=O) groups is 2. The van der Waals surface area contributed by atoms with Gasteiger partial charge in [-0.2, -0.15) is 10.2 Å². The van der Waals surface area contributed by atoms with Gasteiger partial charge in [0.1, 0.15) is 5.69 Å². The minimum atomic E-state index is -1.10. The molecule has 0 saturated heterocycles. The number of aromatic amines is 2. The lowest BCUT2D eigenvalue weighted by Crippen LogP contribution is -2.28. The third kappa shape index (κ3) is 4.47. The molecule has 0 aliphatic heterocycles. The molecule has 10 heteroatoms. The summed E-state index contributed by atoms with van der Waals surface area (Å²) in [6.45, 7) is 0. The maximum atomic E-state index is 11.7. The van der Waals surface area contributed by atoms with Crippen molar-refractivity contribution in [2.45, 2.75) is 12.8 Å². The van der Waals surface area contributed by atoms with Gasteiger partial charge in [-0.05, 0) is 6.07 Å². The minimum absolute atomic E-state index is 0.0131. The summed E-state index contributed by atoms with van der Waals surface area (Å²) in [5, 5.41) is 18.3. The van der Waals surface area contributed by atoms with Crippen LogP contribution in [0.4, 0.5) is 0 Å². The number of H-pyrrole nitrogens is 2. The highest BCUT2D eigenvalue weighted by Gasteiger charge is 2.08. The highest BCUT2D eigenvalue weighted by molar-refractivity contribution is 5.98. The molecular weight excluding hydrogens is 318 g/mol. The van der Waals surface area contributed by atoms with Crippen LogP contribution in [-0.4, -0.2) is 38.4 Å². The normalized spacial score (nSPS) is 10.7. The van der Waals surface area contributed by atoms with Crippen molar-refractivity contribution in [3.8, 4) is 0 Å². The van der Waals surface area contributed by atoms with Crippen LogP contribution in [0.25, 0.3) is 0 Å². The lowest BCUT2D eigenvalue weighted by Gasteiger charge is -2.01. The molecule has 1 heterocycles. The second-order valence-electron chi connectivity index (χ2n) is 4.64. The number of nitrogens with one attached hydrogen (secondary N) is 3. The minimum Gasteiger partial charge on any atom is -0.478 e. The first-order chi connectivity index (χ1) is 11.5. The van der Waals surface area contributed by atoms with E-state index < -0.39 is 23.1 Å². The van der Waals surface area contributed by atoms with Crippen molar-refractivity contribution in [2.75, 3.05) is 0 Å². The number of aromatic carboxylic acids is 1. The average molecular weight is 331 g/mol. The van der Waals surface area contributed by atoms with E-state index in [1.54, 1.807) is 18.2 Å². The number of benzene rings is 1. The van der Waals surface area contributed by atoms with Crippen molar-refractivity contribution in [1.82, 2.24) is 20.6 Å². The number of hydrogen-bond donors (Lipinski definition) is 4. The third-order valence-corrected chi connectivity index (χ3v) is 2.95. The van der Waals surface area contributed by atoms with Gasteiger partial charge < -0.3 is 5.11 Å². The topological polar surface area (TPSA) is 157 Å². The predicted octanol–water partition coefficient (Wildman–Crippen LogP) is -0.761. The number of aromatic nitrogens is 3. The van der Waals surface area contributed by atoms with E-state index in [1.165, 1.54) is 12.3 Å². The predicted molar refractivity (Wildman–Crippen MR) is 82.9 cm³/mol. The fraction of sp³-hybridized carbons (Fsp3) is 0.143. The third-order valence-electron chi connectivity index (χ3n) is 2.95. The van der Waals surface area contributed by atoms with Crippen LogP contribution in [0.15, 0.2) is 39.0 Å². The fourth-order valence-electron chi connectivity index (χ4n) is 1.81. The van der Waals surface area contributed by atoms with Crippen molar-refractivity contribution in [2.24, 2.45) is 5.10 Å². The molecule has 0 spiro atoms. The number of nitrogens with zero attached hydrogens (tertiary/aromatic N) is 2. The van der Waals surface area contributed by atoms with Crippen LogP contribution in [0, 0.1) is 0 Å². The highest BCUT2D eigenvalue weighted by Crippen LogP contribution is 2.05. The highest BCUT2D eigenvalue weighted by atomic mass is 16.4. The van der Waals surface area contributed by atoms with Gasteiger partial charge in [-0.25, -0.2) is 20.1 Å². The summed E-state index contributed by atoms with van der Waals surface area (Å²) >= 11 is 0. The van der Waals surface area contributed by atoms with Crippen LogP contribution in [0.1, 0.15) is 28.0 Å². The van der Waals surface area contributed by atoms with Crippen LogP contribution in [0.5, 0.6) is 0 Å². The van der Waals surface area contributed by atoms with Gasteiger partial charge in [-0.3, -0.25) is 14.6 Å². The Morgan fingerprint density at radius 1 is 1.29 bits per heavy atom. The molecule has 24 heavy (non-hydrogen) atoms. The maximum Gasteiger partial charge on any atom is 0.342 e. The van der Waals surface area contributed by atoms with Gasteiger partial charge in [0, 0.05) is 18.4 Å². The van der Waals surface area contributed by atoms with Gasteiger partial charge >= 0.3 is 11.7 Å². The standard InChI is InChI=1S/C14H13N5O5/c20-11(6-5-10-12(21)16-14(24)19-17-10)18-15-7-8-3-1-2-4-9(8)13(22)23/h1-4,7H,5-6H2,(H,18,20)(H,22,23)(H2,16,19,21,24)/b15-7+. The number of rotatable bonds is 6. The molecule has 0 aliphatic rings. The fourth-order valence-corrected chi connectivity index (χ4v) is 1.81. The van der Waals surface area contributed by atoms with Gasteiger partial charge in [-0.1, -0.05) is 18.2 Å². The van der Waals surface area contributed by atoms with Crippen molar-refractivity contribution in [1.29, 1.82) is 0 Å². The zero-order valence-corrected chi connectivity index (χ0v) is 12.3. The molecule has 2 aromatic rings. The largest absolute Gasteiger partial charge is 0.478 e. The lowest BCUT2D eigenvalue weighted by atomic mass is 10.1. The van der Waals surface area contributed by atoms with Crippen molar-refractivity contribution < 1.29 is 14.7 Å². The average Bonchev–Trinajstić information content (AvgIpc) is 2.54.